The Morgan fingerprint density at radius 2 is 1.91 bits per heavy atom. The van der Waals surface area contributed by atoms with Crippen LogP contribution in [0, 0.1) is 0 Å². The second-order valence-electron chi connectivity index (χ2n) is 5.75. The maximum absolute atomic E-state index is 12.3. The van der Waals surface area contributed by atoms with Gasteiger partial charge in [0.05, 0.1) is 12.7 Å². The van der Waals surface area contributed by atoms with E-state index < -0.39 is 0 Å². The first-order chi connectivity index (χ1) is 10.7. The van der Waals surface area contributed by atoms with Gasteiger partial charge in [-0.1, -0.05) is 6.42 Å². The summed E-state index contributed by atoms with van der Waals surface area (Å²) in [5.74, 6) is 0.396. The van der Waals surface area contributed by atoms with Crippen molar-refractivity contribution in [3.8, 4) is 11.5 Å². The van der Waals surface area contributed by atoms with E-state index >= 15 is 0 Å². The zero-order chi connectivity index (χ0) is 15.5. The molecule has 3 rings (SSSR count). The van der Waals surface area contributed by atoms with Gasteiger partial charge in [-0.05, 0) is 61.4 Å². The van der Waals surface area contributed by atoms with Crippen molar-refractivity contribution < 1.29 is 19.4 Å². The van der Waals surface area contributed by atoms with E-state index in [4.69, 9.17) is 9.47 Å². The highest BCUT2D eigenvalue weighted by Gasteiger charge is 2.19. The Labute approximate surface area is 129 Å². The first kappa shape index (κ1) is 14.7. The summed E-state index contributed by atoms with van der Waals surface area (Å²) >= 11 is 0. The fourth-order valence-corrected chi connectivity index (χ4v) is 2.97. The lowest BCUT2D eigenvalue weighted by molar-refractivity contribution is 0.0211. The van der Waals surface area contributed by atoms with Gasteiger partial charge in [0.25, 0.3) is 0 Å². The highest BCUT2D eigenvalue weighted by atomic mass is 16.5. The molecule has 1 aliphatic carbocycles. The second-order valence-corrected chi connectivity index (χ2v) is 5.75. The minimum absolute atomic E-state index is 0.00407. The molecule has 2 aromatic rings. The van der Waals surface area contributed by atoms with Gasteiger partial charge >= 0.3 is 5.97 Å². The molecule has 0 spiro atoms. The molecule has 0 aromatic heterocycles. The largest absolute Gasteiger partial charge is 0.507 e. The Balaban J connectivity index is 1.87. The molecule has 4 nitrogen and oxygen atoms in total. The van der Waals surface area contributed by atoms with E-state index in [1.165, 1.54) is 12.5 Å². The van der Waals surface area contributed by atoms with E-state index in [-0.39, 0.29) is 17.8 Å². The molecule has 2 aromatic carbocycles. The number of hydrogen-bond donors (Lipinski definition) is 1. The topological polar surface area (TPSA) is 55.8 Å². The fraction of sp³-hybridized carbons (Fsp3) is 0.389. The summed E-state index contributed by atoms with van der Waals surface area (Å²) in [5.41, 5.74) is 0.379. The Kier molecular flexibility index (Phi) is 4.18. The van der Waals surface area contributed by atoms with Gasteiger partial charge in [0.15, 0.2) is 0 Å². The van der Waals surface area contributed by atoms with Crippen LogP contribution in [0.2, 0.25) is 0 Å². The first-order valence-corrected chi connectivity index (χ1v) is 7.69. The van der Waals surface area contributed by atoms with Crippen molar-refractivity contribution in [2.45, 2.75) is 38.2 Å². The van der Waals surface area contributed by atoms with Crippen molar-refractivity contribution in [3.05, 3.63) is 35.9 Å². The van der Waals surface area contributed by atoms with Crippen molar-refractivity contribution in [3.63, 3.8) is 0 Å². The van der Waals surface area contributed by atoms with E-state index in [1.807, 2.05) is 0 Å². The Morgan fingerprint density at radius 3 is 2.64 bits per heavy atom. The number of benzene rings is 2. The molecule has 1 fully saturated rings. The van der Waals surface area contributed by atoms with E-state index in [0.717, 1.165) is 31.1 Å². The van der Waals surface area contributed by atoms with Crippen LogP contribution in [0.1, 0.15) is 42.5 Å². The van der Waals surface area contributed by atoms with Crippen LogP contribution in [0.3, 0.4) is 0 Å². The molecule has 116 valence electrons. The normalized spacial score (nSPS) is 15.7. The van der Waals surface area contributed by atoms with Crippen molar-refractivity contribution in [1.82, 2.24) is 0 Å². The molecule has 22 heavy (non-hydrogen) atoms. The van der Waals surface area contributed by atoms with Gasteiger partial charge in [-0.2, -0.15) is 0 Å². The molecule has 0 aliphatic heterocycles. The summed E-state index contributed by atoms with van der Waals surface area (Å²) in [6.45, 7) is 0. The van der Waals surface area contributed by atoms with Crippen LogP contribution in [0.25, 0.3) is 10.8 Å². The Bertz CT molecular complexity index is 687. The third kappa shape index (κ3) is 3.01. The number of ether oxygens (including phenoxy) is 2. The lowest BCUT2D eigenvalue weighted by atomic mass is 9.97. The van der Waals surface area contributed by atoms with E-state index in [1.54, 1.807) is 31.4 Å². The third-order valence-electron chi connectivity index (χ3n) is 4.20. The average molecular weight is 300 g/mol. The number of phenols is 1. The maximum atomic E-state index is 12.3. The van der Waals surface area contributed by atoms with Gasteiger partial charge in [-0.15, -0.1) is 0 Å². The molecule has 4 heteroatoms. The van der Waals surface area contributed by atoms with Gasteiger partial charge in [-0.25, -0.2) is 4.79 Å². The van der Waals surface area contributed by atoms with Gasteiger partial charge in [-0.3, -0.25) is 0 Å². The zero-order valence-electron chi connectivity index (χ0n) is 12.7. The van der Waals surface area contributed by atoms with E-state index in [0.29, 0.717) is 16.7 Å². The number of esters is 1. The molecule has 0 radical (unpaired) electrons. The summed E-state index contributed by atoms with van der Waals surface area (Å²) in [6, 6.07) is 8.57. The van der Waals surface area contributed by atoms with Crippen molar-refractivity contribution in [2.75, 3.05) is 7.11 Å². The minimum atomic E-state index is -0.369. The molecule has 0 atom stereocenters. The molecular formula is C18H20O4. The summed E-state index contributed by atoms with van der Waals surface area (Å²) in [4.78, 5) is 12.3. The number of rotatable bonds is 3. The predicted octanol–water partition coefficient (Wildman–Crippen LogP) is 4.04. The summed E-state index contributed by atoms with van der Waals surface area (Å²) in [5, 5.41) is 11.6. The molecule has 0 amide bonds. The van der Waals surface area contributed by atoms with Crippen LogP contribution in [0.4, 0.5) is 0 Å². The highest BCUT2D eigenvalue weighted by Crippen LogP contribution is 2.30. The minimum Gasteiger partial charge on any atom is -0.507 e. The molecule has 1 saturated carbocycles. The number of carbonyl (C=O) groups excluding carboxylic acids is 1. The molecule has 0 saturated heterocycles. The molecular weight excluding hydrogens is 280 g/mol. The summed E-state index contributed by atoms with van der Waals surface area (Å²) < 4.78 is 10.7. The second kappa shape index (κ2) is 6.26. The smallest absolute Gasteiger partial charge is 0.338 e. The molecule has 1 N–H and O–H groups in total. The first-order valence-electron chi connectivity index (χ1n) is 7.69. The molecule has 0 bridgehead atoms. The third-order valence-corrected chi connectivity index (χ3v) is 4.20. The number of carbonyl (C=O) groups is 1. The zero-order valence-corrected chi connectivity index (χ0v) is 12.7. The standard InChI is InChI=1S/C18H20O4/c1-21-15-7-8-16-12(10-15)9-13(11-17(16)19)18(20)22-14-5-3-2-4-6-14/h7-11,14,19H,2-6H2,1H3. The van der Waals surface area contributed by atoms with Crippen molar-refractivity contribution in [1.29, 1.82) is 0 Å². The fourth-order valence-electron chi connectivity index (χ4n) is 2.97. The number of methoxy groups -OCH3 is 1. The monoisotopic (exact) mass is 300 g/mol. The van der Waals surface area contributed by atoms with E-state index in [9.17, 15) is 9.90 Å². The molecule has 1 aliphatic rings. The highest BCUT2D eigenvalue weighted by molar-refractivity contribution is 5.98. The van der Waals surface area contributed by atoms with Crippen LogP contribution in [0.15, 0.2) is 30.3 Å². The quantitative estimate of drug-likeness (QED) is 0.869. The number of fused-ring (bicyclic) bond motifs is 1. The van der Waals surface area contributed by atoms with Crippen LogP contribution < -0.4 is 4.74 Å². The lowest BCUT2D eigenvalue weighted by Gasteiger charge is -2.21. The van der Waals surface area contributed by atoms with Crippen LogP contribution in [-0.4, -0.2) is 24.3 Å². The van der Waals surface area contributed by atoms with Gasteiger partial charge in [0.1, 0.15) is 17.6 Å². The van der Waals surface area contributed by atoms with Crippen LogP contribution in [-0.2, 0) is 4.74 Å². The number of phenolic OH excluding ortho intramolecular Hbond substituents is 1. The number of hydrogen-bond acceptors (Lipinski definition) is 4. The Hall–Kier alpha value is -2.23. The predicted molar refractivity (Wildman–Crippen MR) is 84.5 cm³/mol. The Morgan fingerprint density at radius 1 is 1.14 bits per heavy atom. The maximum Gasteiger partial charge on any atom is 0.338 e. The van der Waals surface area contributed by atoms with Gasteiger partial charge in [0.2, 0.25) is 0 Å². The summed E-state index contributed by atoms with van der Waals surface area (Å²) in [6.07, 6.45) is 5.29. The van der Waals surface area contributed by atoms with Crippen LogP contribution in [0.5, 0.6) is 11.5 Å². The molecule has 0 heterocycles. The van der Waals surface area contributed by atoms with Crippen LogP contribution >= 0.6 is 0 Å². The van der Waals surface area contributed by atoms with Gasteiger partial charge in [0, 0.05) is 5.39 Å². The summed E-state index contributed by atoms with van der Waals surface area (Å²) in [7, 11) is 1.59. The molecule has 0 unspecified atom stereocenters. The number of aromatic hydroxyl groups is 1. The van der Waals surface area contributed by atoms with Gasteiger partial charge < -0.3 is 14.6 Å². The van der Waals surface area contributed by atoms with Crippen molar-refractivity contribution >= 4 is 16.7 Å². The van der Waals surface area contributed by atoms with E-state index in [2.05, 4.69) is 0 Å². The SMILES string of the molecule is COc1ccc2c(O)cc(C(=O)OC3CCCCC3)cc2c1. The lowest BCUT2D eigenvalue weighted by Crippen LogP contribution is -2.20. The van der Waals surface area contributed by atoms with Crippen molar-refractivity contribution in [2.24, 2.45) is 0 Å². The average Bonchev–Trinajstić information content (AvgIpc) is 2.55.